The smallest absolute Gasteiger partial charge is 0.264 e. The van der Waals surface area contributed by atoms with Gasteiger partial charge in [0.25, 0.3) is 5.91 Å². The van der Waals surface area contributed by atoms with E-state index < -0.39 is 28.9 Å². The van der Waals surface area contributed by atoms with Gasteiger partial charge in [-0.25, -0.2) is 13.2 Å². The molecule has 2 aromatic rings. The molecule has 1 aliphatic heterocycles. The number of amides is 1. The molecule has 1 amide bonds. The van der Waals surface area contributed by atoms with E-state index in [1.165, 1.54) is 4.90 Å². The van der Waals surface area contributed by atoms with E-state index in [0.29, 0.717) is 29.9 Å². The lowest BCUT2D eigenvalue weighted by Crippen LogP contribution is -2.30. The third-order valence-electron chi connectivity index (χ3n) is 3.53. The first kappa shape index (κ1) is 13.5. The molecule has 0 aliphatic carbocycles. The molecule has 0 aromatic heterocycles. The Morgan fingerprint density at radius 2 is 1.81 bits per heavy atom. The molecule has 6 heteroatoms. The van der Waals surface area contributed by atoms with E-state index in [0.717, 1.165) is 5.56 Å². The SMILES string of the molecule is Nc1cccc2c1CCN2C(=O)c1c(F)cc(F)cc1F. The zero-order chi connectivity index (χ0) is 15.1. The van der Waals surface area contributed by atoms with Gasteiger partial charge in [0, 0.05) is 35.6 Å². The number of nitrogens with zero attached hydrogens (tertiary/aromatic N) is 1. The number of carbonyl (C=O) groups excluding carboxylic acids is 1. The summed E-state index contributed by atoms with van der Waals surface area (Å²) in [5.74, 6) is -4.33. The van der Waals surface area contributed by atoms with Gasteiger partial charge in [-0.2, -0.15) is 0 Å². The maximum absolute atomic E-state index is 13.7. The van der Waals surface area contributed by atoms with Gasteiger partial charge in [0.15, 0.2) is 0 Å². The second-order valence-corrected chi connectivity index (χ2v) is 4.80. The second kappa shape index (κ2) is 4.80. The number of fused-ring (bicyclic) bond motifs is 1. The van der Waals surface area contributed by atoms with Crippen molar-refractivity contribution in [2.45, 2.75) is 6.42 Å². The van der Waals surface area contributed by atoms with E-state index in [-0.39, 0.29) is 6.54 Å². The van der Waals surface area contributed by atoms with Crippen LogP contribution in [0.4, 0.5) is 24.5 Å². The minimum absolute atomic E-state index is 0.276. The molecule has 0 bridgehead atoms. The molecule has 0 saturated heterocycles. The fraction of sp³-hybridized carbons (Fsp3) is 0.133. The number of anilines is 2. The van der Waals surface area contributed by atoms with Gasteiger partial charge >= 0.3 is 0 Å². The molecule has 2 aromatic carbocycles. The molecular formula is C15H11F3N2O. The molecule has 21 heavy (non-hydrogen) atoms. The molecule has 0 atom stereocenters. The van der Waals surface area contributed by atoms with Crippen LogP contribution in [0.15, 0.2) is 30.3 Å². The number of hydrogen-bond acceptors (Lipinski definition) is 2. The zero-order valence-corrected chi connectivity index (χ0v) is 10.9. The van der Waals surface area contributed by atoms with E-state index in [2.05, 4.69) is 0 Å². The highest BCUT2D eigenvalue weighted by molar-refractivity contribution is 6.08. The van der Waals surface area contributed by atoms with Gasteiger partial charge in [-0.3, -0.25) is 4.79 Å². The molecule has 0 radical (unpaired) electrons. The Morgan fingerprint density at radius 1 is 1.14 bits per heavy atom. The molecular weight excluding hydrogens is 281 g/mol. The van der Waals surface area contributed by atoms with Gasteiger partial charge in [-0.1, -0.05) is 6.07 Å². The largest absolute Gasteiger partial charge is 0.398 e. The predicted molar refractivity (Wildman–Crippen MR) is 72.6 cm³/mol. The van der Waals surface area contributed by atoms with Crippen LogP contribution >= 0.6 is 0 Å². The van der Waals surface area contributed by atoms with Crippen molar-refractivity contribution in [3.05, 3.63) is 58.9 Å². The minimum Gasteiger partial charge on any atom is -0.398 e. The van der Waals surface area contributed by atoms with E-state index in [9.17, 15) is 18.0 Å². The summed E-state index contributed by atoms with van der Waals surface area (Å²) in [5, 5.41) is 0. The number of carbonyl (C=O) groups is 1. The quantitative estimate of drug-likeness (QED) is 0.821. The number of nitrogen functional groups attached to an aromatic ring is 1. The minimum atomic E-state index is -1.21. The highest BCUT2D eigenvalue weighted by Gasteiger charge is 2.30. The van der Waals surface area contributed by atoms with Gasteiger partial charge < -0.3 is 10.6 Å². The Hall–Kier alpha value is -2.50. The normalized spacial score (nSPS) is 13.4. The summed E-state index contributed by atoms with van der Waals surface area (Å²) < 4.78 is 40.4. The summed E-state index contributed by atoms with van der Waals surface area (Å²) in [4.78, 5) is 13.6. The van der Waals surface area contributed by atoms with Crippen LogP contribution in [0.2, 0.25) is 0 Å². The van der Waals surface area contributed by atoms with Crippen molar-refractivity contribution in [1.29, 1.82) is 0 Å². The van der Waals surface area contributed by atoms with Gasteiger partial charge in [0.2, 0.25) is 0 Å². The molecule has 3 nitrogen and oxygen atoms in total. The summed E-state index contributed by atoms with van der Waals surface area (Å²) in [5.41, 5.74) is 6.89. The molecule has 0 spiro atoms. The number of hydrogen-bond donors (Lipinski definition) is 1. The van der Waals surface area contributed by atoms with Gasteiger partial charge in [-0.15, -0.1) is 0 Å². The Morgan fingerprint density at radius 3 is 2.48 bits per heavy atom. The zero-order valence-electron chi connectivity index (χ0n) is 10.9. The topological polar surface area (TPSA) is 46.3 Å². The Bertz CT molecular complexity index is 723. The fourth-order valence-electron chi connectivity index (χ4n) is 2.55. The van der Waals surface area contributed by atoms with Crippen molar-refractivity contribution in [2.24, 2.45) is 0 Å². The standard InChI is InChI=1S/C15H11F3N2O/c16-8-6-10(17)14(11(18)7-8)15(21)20-5-4-9-12(19)2-1-3-13(9)20/h1-3,6-7H,4-5,19H2. The van der Waals surface area contributed by atoms with Crippen molar-refractivity contribution in [3.63, 3.8) is 0 Å². The van der Waals surface area contributed by atoms with Crippen LogP contribution < -0.4 is 10.6 Å². The summed E-state index contributed by atoms with van der Waals surface area (Å²) >= 11 is 0. The molecule has 0 saturated carbocycles. The number of halogens is 3. The van der Waals surface area contributed by atoms with Crippen LogP contribution in [0.1, 0.15) is 15.9 Å². The van der Waals surface area contributed by atoms with Gasteiger partial charge in [0.1, 0.15) is 23.0 Å². The van der Waals surface area contributed by atoms with Crippen LogP contribution in [-0.2, 0) is 6.42 Å². The maximum atomic E-state index is 13.7. The Kier molecular flexibility index (Phi) is 3.08. The first-order valence-corrected chi connectivity index (χ1v) is 6.33. The van der Waals surface area contributed by atoms with Crippen molar-refractivity contribution in [2.75, 3.05) is 17.2 Å². The maximum Gasteiger partial charge on any atom is 0.264 e. The highest BCUT2D eigenvalue weighted by Crippen LogP contribution is 2.33. The monoisotopic (exact) mass is 292 g/mol. The molecule has 2 N–H and O–H groups in total. The summed E-state index contributed by atoms with van der Waals surface area (Å²) in [6, 6.07) is 6.01. The van der Waals surface area contributed by atoms with E-state index in [1.807, 2.05) is 0 Å². The first-order valence-electron chi connectivity index (χ1n) is 6.33. The third kappa shape index (κ3) is 2.12. The van der Waals surface area contributed by atoms with Crippen LogP contribution in [0.25, 0.3) is 0 Å². The van der Waals surface area contributed by atoms with E-state index in [4.69, 9.17) is 5.73 Å². The van der Waals surface area contributed by atoms with Gasteiger partial charge in [0.05, 0.1) is 0 Å². The Balaban J connectivity index is 2.05. The van der Waals surface area contributed by atoms with Crippen molar-refractivity contribution in [3.8, 4) is 0 Å². The molecule has 1 heterocycles. The third-order valence-corrected chi connectivity index (χ3v) is 3.53. The molecule has 0 fully saturated rings. The lowest BCUT2D eigenvalue weighted by atomic mass is 10.1. The van der Waals surface area contributed by atoms with Crippen LogP contribution in [-0.4, -0.2) is 12.5 Å². The van der Waals surface area contributed by atoms with Crippen molar-refractivity contribution in [1.82, 2.24) is 0 Å². The molecule has 3 rings (SSSR count). The number of rotatable bonds is 1. The molecule has 108 valence electrons. The van der Waals surface area contributed by atoms with Crippen molar-refractivity contribution < 1.29 is 18.0 Å². The van der Waals surface area contributed by atoms with Crippen LogP contribution in [0.5, 0.6) is 0 Å². The molecule has 1 aliphatic rings. The van der Waals surface area contributed by atoms with Gasteiger partial charge in [-0.05, 0) is 18.6 Å². The summed E-state index contributed by atoms with van der Waals surface area (Å²) in [7, 11) is 0. The predicted octanol–water partition coefficient (Wildman–Crippen LogP) is 2.89. The average molecular weight is 292 g/mol. The number of nitrogens with two attached hydrogens (primary N) is 1. The average Bonchev–Trinajstić information content (AvgIpc) is 2.82. The molecule has 0 unspecified atom stereocenters. The fourth-order valence-corrected chi connectivity index (χ4v) is 2.55. The van der Waals surface area contributed by atoms with Crippen LogP contribution in [0.3, 0.4) is 0 Å². The van der Waals surface area contributed by atoms with Crippen LogP contribution in [0, 0.1) is 17.5 Å². The number of benzene rings is 2. The van der Waals surface area contributed by atoms with E-state index in [1.54, 1.807) is 18.2 Å². The summed E-state index contributed by atoms with van der Waals surface area (Å²) in [6.45, 7) is 0.276. The Labute approximate surface area is 118 Å². The van der Waals surface area contributed by atoms with Crippen molar-refractivity contribution >= 4 is 17.3 Å². The summed E-state index contributed by atoms with van der Waals surface area (Å²) in [6.07, 6.45) is 0.512. The first-order chi connectivity index (χ1) is 9.99. The second-order valence-electron chi connectivity index (χ2n) is 4.80. The lowest BCUT2D eigenvalue weighted by molar-refractivity contribution is 0.0981. The highest BCUT2D eigenvalue weighted by atomic mass is 19.1. The lowest BCUT2D eigenvalue weighted by Gasteiger charge is -2.18. The van der Waals surface area contributed by atoms with E-state index >= 15 is 0 Å².